The first kappa shape index (κ1) is 13.9. The lowest BCUT2D eigenvalue weighted by Gasteiger charge is -2.37. The molecule has 2 aromatic rings. The number of H-pyrrole nitrogens is 1. The maximum absolute atomic E-state index is 12.9. The van der Waals surface area contributed by atoms with Gasteiger partial charge >= 0.3 is 0 Å². The smallest absolute Gasteiger partial charge is 0.160 e. The zero-order chi connectivity index (χ0) is 15.5. The Labute approximate surface area is 134 Å². The minimum atomic E-state index is 0.0674. The van der Waals surface area contributed by atoms with Gasteiger partial charge in [0, 0.05) is 35.6 Å². The van der Waals surface area contributed by atoms with Crippen molar-refractivity contribution in [2.24, 2.45) is 5.41 Å². The molecule has 3 nitrogen and oxygen atoms in total. The molecule has 1 N–H and O–H groups in total. The van der Waals surface area contributed by atoms with Crippen LogP contribution in [0.5, 0.6) is 0 Å². The SMILES string of the molecule is Cc1[nH]nc2c1C(c1ccsc1)C1=C(C2)CC(C)(C)CC1=O. The molecule has 0 aromatic carbocycles. The van der Waals surface area contributed by atoms with Crippen molar-refractivity contribution < 1.29 is 4.79 Å². The summed E-state index contributed by atoms with van der Waals surface area (Å²) in [4.78, 5) is 12.9. The number of hydrogen-bond donors (Lipinski definition) is 1. The number of nitrogens with one attached hydrogen (secondary N) is 1. The molecule has 4 heteroatoms. The number of carbonyl (C=O) groups is 1. The van der Waals surface area contributed by atoms with E-state index in [2.05, 4.69) is 47.8 Å². The molecule has 0 amide bonds. The number of fused-ring (bicyclic) bond motifs is 1. The van der Waals surface area contributed by atoms with Gasteiger partial charge in [0.25, 0.3) is 0 Å². The minimum absolute atomic E-state index is 0.0674. The average molecular weight is 312 g/mol. The first-order valence-electron chi connectivity index (χ1n) is 7.77. The van der Waals surface area contributed by atoms with Crippen LogP contribution in [0, 0.1) is 12.3 Å². The zero-order valence-corrected chi connectivity index (χ0v) is 14.0. The molecule has 0 radical (unpaired) electrons. The molecule has 2 aliphatic rings. The number of Topliss-reactive ketones (excluding diaryl/α,β-unsaturated/α-hetero) is 1. The molecule has 1 atom stereocenters. The van der Waals surface area contributed by atoms with Crippen molar-refractivity contribution in [3.8, 4) is 0 Å². The predicted molar refractivity (Wildman–Crippen MR) is 88.2 cm³/mol. The molecule has 4 rings (SSSR count). The minimum Gasteiger partial charge on any atom is -0.294 e. The summed E-state index contributed by atoms with van der Waals surface area (Å²) >= 11 is 1.69. The number of allylic oxidation sites excluding steroid dienone is 2. The van der Waals surface area contributed by atoms with Crippen LogP contribution < -0.4 is 0 Å². The summed E-state index contributed by atoms with van der Waals surface area (Å²) in [5, 5.41) is 11.9. The monoisotopic (exact) mass is 312 g/mol. The molecule has 1 unspecified atom stereocenters. The van der Waals surface area contributed by atoms with Gasteiger partial charge in [-0.3, -0.25) is 9.89 Å². The number of thiophene rings is 1. The highest BCUT2D eigenvalue weighted by Gasteiger charge is 2.41. The summed E-state index contributed by atoms with van der Waals surface area (Å²) < 4.78 is 0. The number of aryl methyl sites for hydroxylation is 1. The normalized spacial score (nSPS) is 23.4. The number of aromatic nitrogens is 2. The molecule has 0 spiro atoms. The third-order valence-electron chi connectivity index (χ3n) is 4.92. The lowest BCUT2D eigenvalue weighted by molar-refractivity contribution is -0.118. The summed E-state index contributed by atoms with van der Waals surface area (Å²) in [7, 11) is 0. The lowest BCUT2D eigenvalue weighted by Crippen LogP contribution is -2.32. The van der Waals surface area contributed by atoms with E-state index in [1.165, 1.54) is 16.7 Å². The second-order valence-electron chi connectivity index (χ2n) is 7.33. The highest BCUT2D eigenvalue weighted by atomic mass is 32.1. The third kappa shape index (κ3) is 2.01. The maximum atomic E-state index is 12.9. The fourth-order valence-electron chi connectivity index (χ4n) is 4.11. The molecular formula is C18H20N2OS. The molecule has 0 saturated carbocycles. The van der Waals surface area contributed by atoms with Gasteiger partial charge in [-0.1, -0.05) is 19.4 Å². The van der Waals surface area contributed by atoms with Crippen molar-refractivity contribution in [3.05, 3.63) is 50.5 Å². The first-order chi connectivity index (χ1) is 10.5. The molecule has 0 fully saturated rings. The van der Waals surface area contributed by atoms with Gasteiger partial charge in [-0.15, -0.1) is 0 Å². The largest absolute Gasteiger partial charge is 0.294 e. The van der Waals surface area contributed by atoms with Gasteiger partial charge in [-0.05, 0) is 41.1 Å². The van der Waals surface area contributed by atoms with E-state index >= 15 is 0 Å². The highest BCUT2D eigenvalue weighted by molar-refractivity contribution is 7.08. The van der Waals surface area contributed by atoms with Crippen LogP contribution >= 0.6 is 11.3 Å². The van der Waals surface area contributed by atoms with Crippen LogP contribution in [-0.2, 0) is 11.2 Å². The predicted octanol–water partition coefficient (Wildman–Crippen LogP) is 4.15. The molecule has 0 aliphatic heterocycles. The fraction of sp³-hybridized carbons (Fsp3) is 0.444. The Morgan fingerprint density at radius 3 is 2.91 bits per heavy atom. The standard InChI is InChI=1S/C18H20N2OS/c1-10-15-13(20-19-10)6-12-7-18(2,3)8-14(21)16(12)17(15)11-4-5-22-9-11/h4-5,9,17H,6-8H2,1-3H3,(H,19,20). The second kappa shape index (κ2) is 4.66. The third-order valence-corrected chi connectivity index (χ3v) is 5.62. The number of ketones is 1. The van der Waals surface area contributed by atoms with Crippen molar-refractivity contribution in [3.63, 3.8) is 0 Å². The molecule has 0 bridgehead atoms. The van der Waals surface area contributed by atoms with Gasteiger partial charge in [0.05, 0.1) is 5.69 Å². The van der Waals surface area contributed by atoms with Crippen molar-refractivity contribution in [2.75, 3.05) is 0 Å². The number of rotatable bonds is 1. The Balaban J connectivity index is 1.94. The maximum Gasteiger partial charge on any atom is 0.160 e. The Bertz CT molecular complexity index is 780. The second-order valence-corrected chi connectivity index (χ2v) is 8.11. The van der Waals surface area contributed by atoms with Crippen LogP contribution in [0.25, 0.3) is 0 Å². The van der Waals surface area contributed by atoms with Crippen LogP contribution in [0.1, 0.15) is 55.1 Å². The van der Waals surface area contributed by atoms with Crippen LogP contribution in [-0.4, -0.2) is 16.0 Å². The molecule has 22 heavy (non-hydrogen) atoms. The Kier molecular flexibility index (Phi) is 2.95. The van der Waals surface area contributed by atoms with Gasteiger partial charge in [-0.2, -0.15) is 16.4 Å². The Morgan fingerprint density at radius 2 is 2.18 bits per heavy atom. The van der Waals surface area contributed by atoms with Gasteiger partial charge in [-0.25, -0.2) is 0 Å². The van der Waals surface area contributed by atoms with E-state index in [4.69, 9.17) is 0 Å². The van der Waals surface area contributed by atoms with Crippen LogP contribution in [0.4, 0.5) is 0 Å². The molecule has 114 valence electrons. The average Bonchev–Trinajstić information content (AvgIpc) is 3.05. The lowest BCUT2D eigenvalue weighted by atomic mass is 9.65. The van der Waals surface area contributed by atoms with E-state index in [0.717, 1.165) is 29.8 Å². The topological polar surface area (TPSA) is 45.8 Å². The number of aromatic amines is 1. The number of carbonyl (C=O) groups excluding carboxylic acids is 1. The first-order valence-corrected chi connectivity index (χ1v) is 8.71. The number of nitrogens with zero attached hydrogens (tertiary/aromatic N) is 1. The van der Waals surface area contributed by atoms with Crippen LogP contribution in [0.2, 0.25) is 0 Å². The zero-order valence-electron chi connectivity index (χ0n) is 13.2. The van der Waals surface area contributed by atoms with Crippen molar-refractivity contribution >= 4 is 17.1 Å². The van der Waals surface area contributed by atoms with E-state index in [9.17, 15) is 4.79 Å². The van der Waals surface area contributed by atoms with Crippen LogP contribution in [0.15, 0.2) is 28.0 Å². The van der Waals surface area contributed by atoms with E-state index < -0.39 is 0 Å². The molecule has 2 aliphatic carbocycles. The van der Waals surface area contributed by atoms with Crippen molar-refractivity contribution in [2.45, 2.75) is 46.0 Å². The molecular weight excluding hydrogens is 292 g/mol. The van der Waals surface area contributed by atoms with Crippen molar-refractivity contribution in [1.29, 1.82) is 0 Å². The van der Waals surface area contributed by atoms with Crippen LogP contribution in [0.3, 0.4) is 0 Å². The molecule has 0 saturated heterocycles. The van der Waals surface area contributed by atoms with E-state index in [1.54, 1.807) is 11.3 Å². The Hall–Kier alpha value is -1.68. The molecule has 2 heterocycles. The highest BCUT2D eigenvalue weighted by Crippen LogP contribution is 2.49. The summed E-state index contributed by atoms with van der Waals surface area (Å²) in [6.07, 6.45) is 2.48. The summed E-state index contributed by atoms with van der Waals surface area (Å²) in [5.41, 5.74) is 7.10. The fourth-order valence-corrected chi connectivity index (χ4v) is 4.80. The molecule has 2 aromatic heterocycles. The van der Waals surface area contributed by atoms with E-state index in [0.29, 0.717) is 12.2 Å². The van der Waals surface area contributed by atoms with E-state index in [-0.39, 0.29) is 11.3 Å². The van der Waals surface area contributed by atoms with Gasteiger partial charge in [0.15, 0.2) is 5.78 Å². The summed E-state index contributed by atoms with van der Waals surface area (Å²) in [6.45, 7) is 6.45. The van der Waals surface area contributed by atoms with Gasteiger partial charge in [0.2, 0.25) is 0 Å². The van der Waals surface area contributed by atoms with E-state index in [1.807, 2.05) is 0 Å². The summed E-state index contributed by atoms with van der Waals surface area (Å²) in [6, 6.07) is 2.15. The summed E-state index contributed by atoms with van der Waals surface area (Å²) in [5.74, 6) is 0.404. The Morgan fingerprint density at radius 1 is 1.36 bits per heavy atom. The van der Waals surface area contributed by atoms with Gasteiger partial charge in [0.1, 0.15) is 0 Å². The van der Waals surface area contributed by atoms with Gasteiger partial charge < -0.3 is 0 Å². The quantitative estimate of drug-likeness (QED) is 0.859. The number of hydrogen-bond acceptors (Lipinski definition) is 3. The van der Waals surface area contributed by atoms with Crippen molar-refractivity contribution in [1.82, 2.24) is 10.2 Å².